The van der Waals surface area contributed by atoms with Gasteiger partial charge in [0.25, 0.3) is 0 Å². The van der Waals surface area contributed by atoms with Crippen LogP contribution < -0.4 is 4.90 Å². The van der Waals surface area contributed by atoms with Crippen molar-refractivity contribution in [3.63, 3.8) is 0 Å². The molecule has 2 heterocycles. The summed E-state index contributed by atoms with van der Waals surface area (Å²) in [4.78, 5) is 39.8. The van der Waals surface area contributed by atoms with Gasteiger partial charge in [-0.15, -0.1) is 0 Å². The normalized spacial score (nSPS) is 16.0. The van der Waals surface area contributed by atoms with E-state index in [2.05, 4.69) is 4.98 Å². The van der Waals surface area contributed by atoms with Crippen LogP contribution in [0.5, 0.6) is 0 Å². The Labute approximate surface area is 189 Å². The van der Waals surface area contributed by atoms with E-state index >= 15 is 0 Å². The maximum atomic E-state index is 13.1. The summed E-state index contributed by atoms with van der Waals surface area (Å²) >= 11 is 0. The molecule has 1 saturated heterocycles. The van der Waals surface area contributed by atoms with E-state index in [9.17, 15) is 14.0 Å². The van der Waals surface area contributed by atoms with Gasteiger partial charge in [-0.25, -0.2) is 14.4 Å². The van der Waals surface area contributed by atoms with Gasteiger partial charge in [-0.1, -0.05) is 12.1 Å². The first kappa shape index (κ1) is 23.6. The van der Waals surface area contributed by atoms with Crippen molar-refractivity contribution in [1.29, 1.82) is 0 Å². The molecule has 32 heavy (non-hydrogen) atoms. The predicted molar refractivity (Wildman–Crippen MR) is 122 cm³/mol. The average molecular weight is 442 g/mol. The van der Waals surface area contributed by atoms with Gasteiger partial charge in [0.15, 0.2) is 0 Å². The molecule has 1 aromatic carbocycles. The minimum Gasteiger partial charge on any atom is -0.363 e. The molecule has 1 aromatic heterocycles. The molecule has 2 aromatic rings. The number of benzene rings is 1. The second kappa shape index (κ2) is 10.1. The van der Waals surface area contributed by atoms with Crippen molar-refractivity contribution < 1.29 is 14.0 Å². The zero-order chi connectivity index (χ0) is 23.4. The summed E-state index contributed by atoms with van der Waals surface area (Å²) in [5, 5.41) is 0. The van der Waals surface area contributed by atoms with Gasteiger partial charge in [0.1, 0.15) is 17.5 Å². The Balaban J connectivity index is 1.70. The van der Waals surface area contributed by atoms with Crippen LogP contribution in [0.3, 0.4) is 0 Å². The molecule has 0 spiro atoms. The lowest BCUT2D eigenvalue weighted by Crippen LogP contribution is -2.32. The third kappa shape index (κ3) is 5.81. The number of carbonyl (C=O) groups excluding carboxylic acids is 2. The number of rotatable bonds is 8. The summed E-state index contributed by atoms with van der Waals surface area (Å²) in [6.45, 7) is 4.96. The van der Waals surface area contributed by atoms with E-state index in [0.29, 0.717) is 31.6 Å². The minimum atomic E-state index is -0.286. The summed E-state index contributed by atoms with van der Waals surface area (Å²) < 4.78 is 13.1. The van der Waals surface area contributed by atoms with E-state index in [1.807, 2.05) is 43.8 Å². The van der Waals surface area contributed by atoms with Crippen LogP contribution in [-0.2, 0) is 22.6 Å². The van der Waals surface area contributed by atoms with Crippen LogP contribution in [0, 0.1) is 5.82 Å². The predicted octanol–water partition coefficient (Wildman–Crippen LogP) is 3.00. The second-order valence-electron chi connectivity index (χ2n) is 8.88. The standard InChI is InChI=1S/C24H32FN5O2/c1-16(2)30-14-18(12-24(30)32)20-13-22(28(3)4)27-21(26-20)15-29(5)23(31)11-8-17-6-9-19(25)10-7-17/h6-7,9-10,13,16,18H,8,11-12,14-15H2,1-5H3. The van der Waals surface area contributed by atoms with Crippen LogP contribution in [0.15, 0.2) is 30.3 Å². The first-order valence-electron chi connectivity index (χ1n) is 11.0. The van der Waals surface area contributed by atoms with E-state index in [1.54, 1.807) is 24.1 Å². The maximum Gasteiger partial charge on any atom is 0.223 e. The Kier molecular flexibility index (Phi) is 7.43. The molecule has 7 nitrogen and oxygen atoms in total. The van der Waals surface area contributed by atoms with E-state index in [0.717, 1.165) is 17.1 Å². The highest BCUT2D eigenvalue weighted by molar-refractivity contribution is 5.80. The molecule has 0 aliphatic carbocycles. The SMILES string of the molecule is CC(C)N1CC(c2cc(N(C)C)nc(CN(C)C(=O)CCc3ccc(F)cc3)n2)CC1=O. The van der Waals surface area contributed by atoms with E-state index in [-0.39, 0.29) is 36.1 Å². The fourth-order valence-corrected chi connectivity index (χ4v) is 3.83. The van der Waals surface area contributed by atoms with Crippen molar-refractivity contribution >= 4 is 17.6 Å². The third-order valence-corrected chi connectivity index (χ3v) is 5.78. The lowest BCUT2D eigenvalue weighted by molar-refractivity contribution is -0.130. The van der Waals surface area contributed by atoms with E-state index < -0.39 is 0 Å². The van der Waals surface area contributed by atoms with Crippen LogP contribution >= 0.6 is 0 Å². The second-order valence-corrected chi connectivity index (χ2v) is 8.88. The van der Waals surface area contributed by atoms with Crippen molar-refractivity contribution in [1.82, 2.24) is 19.8 Å². The third-order valence-electron chi connectivity index (χ3n) is 5.78. The first-order chi connectivity index (χ1) is 15.1. The minimum absolute atomic E-state index is 0.0184. The Hall–Kier alpha value is -3.03. The summed E-state index contributed by atoms with van der Waals surface area (Å²) in [7, 11) is 5.55. The number of nitrogens with zero attached hydrogens (tertiary/aromatic N) is 5. The number of hydrogen-bond donors (Lipinski definition) is 0. The van der Waals surface area contributed by atoms with Gasteiger partial charge in [-0.3, -0.25) is 9.59 Å². The van der Waals surface area contributed by atoms with Crippen molar-refractivity contribution in [3.05, 3.63) is 53.2 Å². The number of amides is 2. The molecule has 0 saturated carbocycles. The van der Waals surface area contributed by atoms with Gasteiger partial charge < -0.3 is 14.7 Å². The van der Waals surface area contributed by atoms with Crippen LogP contribution in [0.2, 0.25) is 0 Å². The van der Waals surface area contributed by atoms with Gasteiger partial charge >= 0.3 is 0 Å². The highest BCUT2D eigenvalue weighted by Crippen LogP contribution is 2.30. The number of anilines is 1. The fourth-order valence-electron chi connectivity index (χ4n) is 3.83. The van der Waals surface area contributed by atoms with E-state index in [1.165, 1.54) is 12.1 Å². The number of aryl methyl sites for hydroxylation is 1. The molecule has 1 unspecified atom stereocenters. The summed E-state index contributed by atoms with van der Waals surface area (Å²) in [6.07, 6.45) is 1.30. The molecule has 0 N–H and O–H groups in total. The highest BCUT2D eigenvalue weighted by atomic mass is 19.1. The molecule has 0 radical (unpaired) electrons. The summed E-state index contributed by atoms with van der Waals surface area (Å²) in [6, 6.07) is 8.29. The number of aromatic nitrogens is 2. The van der Waals surface area contributed by atoms with Crippen LogP contribution in [0.25, 0.3) is 0 Å². The largest absolute Gasteiger partial charge is 0.363 e. The smallest absolute Gasteiger partial charge is 0.223 e. The van der Waals surface area contributed by atoms with Gasteiger partial charge in [-0.2, -0.15) is 0 Å². The zero-order valence-corrected chi connectivity index (χ0v) is 19.5. The lowest BCUT2D eigenvalue weighted by Gasteiger charge is -2.22. The molecule has 3 rings (SSSR count). The molecule has 1 atom stereocenters. The quantitative estimate of drug-likeness (QED) is 0.630. The monoisotopic (exact) mass is 441 g/mol. The summed E-state index contributed by atoms with van der Waals surface area (Å²) in [5.41, 5.74) is 1.75. The zero-order valence-electron chi connectivity index (χ0n) is 19.5. The molecule has 1 fully saturated rings. The summed E-state index contributed by atoms with van der Waals surface area (Å²) in [5.74, 6) is 1.16. The molecule has 172 valence electrons. The Morgan fingerprint density at radius 3 is 2.47 bits per heavy atom. The van der Waals surface area contributed by atoms with Crippen molar-refractivity contribution in [2.24, 2.45) is 0 Å². The van der Waals surface area contributed by atoms with Gasteiger partial charge in [0.2, 0.25) is 11.8 Å². The molecule has 1 aliphatic heterocycles. The maximum absolute atomic E-state index is 13.1. The number of hydrogen-bond acceptors (Lipinski definition) is 5. The molecule has 0 bridgehead atoms. The number of halogens is 1. The molecular formula is C24H32FN5O2. The van der Waals surface area contributed by atoms with E-state index in [4.69, 9.17) is 4.98 Å². The topological polar surface area (TPSA) is 69.6 Å². The molecular weight excluding hydrogens is 409 g/mol. The van der Waals surface area contributed by atoms with Crippen molar-refractivity contribution in [2.75, 3.05) is 32.6 Å². The van der Waals surface area contributed by atoms with Crippen LogP contribution in [-0.4, -0.2) is 65.3 Å². The van der Waals surface area contributed by atoms with Gasteiger partial charge in [0, 0.05) is 58.6 Å². The average Bonchev–Trinajstić information content (AvgIpc) is 3.15. The first-order valence-corrected chi connectivity index (χ1v) is 11.0. The Bertz CT molecular complexity index is 961. The Morgan fingerprint density at radius 2 is 1.88 bits per heavy atom. The Morgan fingerprint density at radius 1 is 1.19 bits per heavy atom. The fraction of sp³-hybridized carbons (Fsp3) is 0.500. The molecule has 2 amide bonds. The lowest BCUT2D eigenvalue weighted by atomic mass is 10.0. The van der Waals surface area contributed by atoms with Crippen molar-refractivity contribution in [2.45, 2.75) is 51.6 Å². The number of carbonyl (C=O) groups is 2. The van der Waals surface area contributed by atoms with Gasteiger partial charge in [0.05, 0.1) is 12.2 Å². The van der Waals surface area contributed by atoms with Crippen LogP contribution in [0.4, 0.5) is 10.2 Å². The molecule has 8 heteroatoms. The highest BCUT2D eigenvalue weighted by Gasteiger charge is 2.33. The van der Waals surface area contributed by atoms with Crippen LogP contribution in [0.1, 0.15) is 49.7 Å². The molecule has 1 aliphatic rings. The van der Waals surface area contributed by atoms with Crippen molar-refractivity contribution in [3.8, 4) is 0 Å². The van der Waals surface area contributed by atoms with Gasteiger partial charge in [-0.05, 0) is 38.0 Å². The number of likely N-dealkylation sites (tertiary alicyclic amines) is 1.